The molecule has 0 bridgehead atoms. The van der Waals surface area contributed by atoms with Gasteiger partial charge in [-0.05, 0) is 24.8 Å². The molecular weight excluding hydrogens is 290 g/mol. The van der Waals surface area contributed by atoms with Gasteiger partial charge in [-0.3, -0.25) is 0 Å². The fourth-order valence-electron chi connectivity index (χ4n) is 4.20. The molecular formula is C18H21N3O2. The molecule has 1 aromatic carbocycles. The highest BCUT2D eigenvalue weighted by atomic mass is 16.4. The minimum absolute atomic E-state index is 0.0486. The van der Waals surface area contributed by atoms with Crippen molar-refractivity contribution in [2.75, 3.05) is 5.32 Å². The highest BCUT2D eigenvalue weighted by molar-refractivity contribution is 5.93. The van der Waals surface area contributed by atoms with Crippen LogP contribution in [0.5, 0.6) is 0 Å². The van der Waals surface area contributed by atoms with Crippen LogP contribution in [-0.2, 0) is 5.54 Å². The standard InChI is InChI=1S/C18H21N3O2/c22-17(23)14-12-19-21-16(14)20-15(13-7-3-1-4-8-13)11-18(21)9-5-2-6-10-18/h1,3-4,7-8,12,15,20H,2,5-6,9-11H2,(H,22,23). The van der Waals surface area contributed by atoms with Crippen LogP contribution >= 0.6 is 0 Å². The number of hydrogen-bond donors (Lipinski definition) is 2. The fraction of sp³-hybridized carbons (Fsp3) is 0.444. The summed E-state index contributed by atoms with van der Waals surface area (Å²) in [5.41, 5.74) is 1.43. The second-order valence-electron chi connectivity index (χ2n) is 6.72. The van der Waals surface area contributed by atoms with Crippen molar-refractivity contribution >= 4 is 11.8 Å². The summed E-state index contributed by atoms with van der Waals surface area (Å²) >= 11 is 0. The van der Waals surface area contributed by atoms with Crippen LogP contribution in [-0.4, -0.2) is 20.9 Å². The molecule has 0 saturated heterocycles. The third-order valence-corrected chi connectivity index (χ3v) is 5.33. The monoisotopic (exact) mass is 311 g/mol. The SMILES string of the molecule is O=C(O)c1cnn2c1NC(c1ccccc1)CC21CCCCC1. The van der Waals surface area contributed by atoms with Gasteiger partial charge in [0.1, 0.15) is 11.4 Å². The largest absolute Gasteiger partial charge is 0.477 e. The van der Waals surface area contributed by atoms with Crippen molar-refractivity contribution in [3.05, 3.63) is 47.7 Å². The first-order valence-electron chi connectivity index (χ1n) is 8.33. The lowest BCUT2D eigenvalue weighted by molar-refractivity contribution is 0.0696. The molecule has 1 unspecified atom stereocenters. The van der Waals surface area contributed by atoms with E-state index in [1.807, 2.05) is 22.9 Å². The number of nitrogens with one attached hydrogen (secondary N) is 1. The Morgan fingerprint density at radius 1 is 1.22 bits per heavy atom. The Hall–Kier alpha value is -2.30. The summed E-state index contributed by atoms with van der Waals surface area (Å²) in [6.45, 7) is 0. The van der Waals surface area contributed by atoms with Crippen molar-refractivity contribution in [3.63, 3.8) is 0 Å². The van der Waals surface area contributed by atoms with Gasteiger partial charge in [0, 0.05) is 0 Å². The molecule has 4 rings (SSSR count). The fourth-order valence-corrected chi connectivity index (χ4v) is 4.20. The molecule has 1 aliphatic carbocycles. The van der Waals surface area contributed by atoms with E-state index in [4.69, 9.17) is 0 Å². The van der Waals surface area contributed by atoms with Crippen LogP contribution in [0.1, 0.15) is 60.5 Å². The zero-order valence-corrected chi connectivity index (χ0v) is 13.0. The van der Waals surface area contributed by atoms with Crippen molar-refractivity contribution in [2.45, 2.75) is 50.1 Å². The summed E-state index contributed by atoms with van der Waals surface area (Å²) < 4.78 is 1.97. The smallest absolute Gasteiger partial charge is 0.341 e. The number of fused-ring (bicyclic) bond motifs is 2. The molecule has 23 heavy (non-hydrogen) atoms. The molecule has 1 atom stereocenters. The molecule has 1 aromatic heterocycles. The molecule has 0 amide bonds. The van der Waals surface area contributed by atoms with Gasteiger partial charge in [0.15, 0.2) is 0 Å². The maximum absolute atomic E-state index is 11.6. The topological polar surface area (TPSA) is 67.1 Å². The van der Waals surface area contributed by atoms with Crippen LogP contribution in [0.2, 0.25) is 0 Å². The highest BCUT2D eigenvalue weighted by Crippen LogP contribution is 2.47. The Kier molecular flexibility index (Phi) is 3.36. The lowest BCUT2D eigenvalue weighted by atomic mass is 9.75. The average Bonchev–Trinajstić information content (AvgIpc) is 3.02. The van der Waals surface area contributed by atoms with E-state index in [0.29, 0.717) is 5.82 Å². The zero-order chi connectivity index (χ0) is 15.9. The van der Waals surface area contributed by atoms with Crippen molar-refractivity contribution in [3.8, 4) is 0 Å². The van der Waals surface area contributed by atoms with Crippen molar-refractivity contribution in [2.24, 2.45) is 0 Å². The predicted molar refractivity (Wildman–Crippen MR) is 87.7 cm³/mol. The maximum atomic E-state index is 11.6. The van der Waals surface area contributed by atoms with Gasteiger partial charge in [-0.1, -0.05) is 49.6 Å². The van der Waals surface area contributed by atoms with Gasteiger partial charge in [-0.15, -0.1) is 0 Å². The van der Waals surface area contributed by atoms with E-state index in [2.05, 4.69) is 22.5 Å². The lowest BCUT2D eigenvalue weighted by Crippen LogP contribution is -2.44. The Labute approximate surface area is 135 Å². The lowest BCUT2D eigenvalue weighted by Gasteiger charge is -2.45. The zero-order valence-electron chi connectivity index (χ0n) is 13.0. The number of aromatic nitrogens is 2. The Morgan fingerprint density at radius 3 is 2.65 bits per heavy atom. The molecule has 120 valence electrons. The van der Waals surface area contributed by atoms with E-state index in [0.717, 1.165) is 19.3 Å². The van der Waals surface area contributed by atoms with Gasteiger partial charge < -0.3 is 10.4 Å². The second kappa shape index (κ2) is 5.41. The molecule has 1 fully saturated rings. The Balaban J connectivity index is 1.81. The minimum atomic E-state index is -0.918. The summed E-state index contributed by atoms with van der Waals surface area (Å²) in [5.74, 6) is -0.252. The molecule has 5 heteroatoms. The minimum Gasteiger partial charge on any atom is -0.477 e. The average molecular weight is 311 g/mol. The number of benzene rings is 1. The number of rotatable bonds is 2. The van der Waals surface area contributed by atoms with E-state index in [9.17, 15) is 9.90 Å². The van der Waals surface area contributed by atoms with E-state index in [1.165, 1.54) is 31.0 Å². The molecule has 1 spiro atoms. The summed E-state index contributed by atoms with van der Waals surface area (Å²) in [6, 6.07) is 10.4. The highest BCUT2D eigenvalue weighted by Gasteiger charge is 2.43. The molecule has 5 nitrogen and oxygen atoms in total. The summed E-state index contributed by atoms with van der Waals surface area (Å²) in [7, 11) is 0. The number of nitrogens with zero attached hydrogens (tertiary/aromatic N) is 2. The third-order valence-electron chi connectivity index (χ3n) is 5.33. The number of carbonyl (C=O) groups is 1. The third kappa shape index (κ3) is 2.31. The number of carboxylic acids is 1. The van der Waals surface area contributed by atoms with Gasteiger partial charge in [0.2, 0.25) is 0 Å². The van der Waals surface area contributed by atoms with Crippen molar-refractivity contribution < 1.29 is 9.90 Å². The first-order chi connectivity index (χ1) is 11.2. The predicted octanol–water partition coefficient (Wildman–Crippen LogP) is 3.80. The summed E-state index contributed by atoms with van der Waals surface area (Å²) in [4.78, 5) is 11.6. The summed E-state index contributed by atoms with van der Waals surface area (Å²) in [5, 5.41) is 17.4. The van der Waals surface area contributed by atoms with Gasteiger partial charge in [0.25, 0.3) is 0 Å². The van der Waals surface area contributed by atoms with Crippen molar-refractivity contribution in [1.29, 1.82) is 0 Å². The van der Waals surface area contributed by atoms with Crippen LogP contribution in [0.25, 0.3) is 0 Å². The number of anilines is 1. The molecule has 2 heterocycles. The van der Waals surface area contributed by atoms with E-state index in [-0.39, 0.29) is 17.1 Å². The molecule has 2 aromatic rings. The van der Waals surface area contributed by atoms with Crippen LogP contribution in [0.3, 0.4) is 0 Å². The maximum Gasteiger partial charge on any atom is 0.341 e. The molecule has 2 N–H and O–H groups in total. The van der Waals surface area contributed by atoms with Gasteiger partial charge in [0.05, 0.1) is 17.8 Å². The number of carboxylic acid groups (broad SMARTS) is 1. The first kappa shape index (κ1) is 14.3. The van der Waals surface area contributed by atoms with Crippen LogP contribution in [0.15, 0.2) is 36.5 Å². The normalized spacial score (nSPS) is 22.3. The van der Waals surface area contributed by atoms with Crippen LogP contribution < -0.4 is 5.32 Å². The van der Waals surface area contributed by atoms with Gasteiger partial charge >= 0.3 is 5.97 Å². The quantitative estimate of drug-likeness (QED) is 0.885. The first-order valence-corrected chi connectivity index (χ1v) is 8.33. The van der Waals surface area contributed by atoms with Crippen LogP contribution in [0.4, 0.5) is 5.82 Å². The number of hydrogen-bond acceptors (Lipinski definition) is 3. The van der Waals surface area contributed by atoms with Gasteiger partial charge in [-0.2, -0.15) is 5.10 Å². The Morgan fingerprint density at radius 2 is 1.96 bits per heavy atom. The summed E-state index contributed by atoms with van der Waals surface area (Å²) in [6.07, 6.45) is 8.23. The molecule has 1 aliphatic heterocycles. The van der Waals surface area contributed by atoms with E-state index in [1.54, 1.807) is 0 Å². The Bertz CT molecular complexity index is 717. The van der Waals surface area contributed by atoms with Crippen molar-refractivity contribution in [1.82, 2.24) is 9.78 Å². The molecule has 0 radical (unpaired) electrons. The van der Waals surface area contributed by atoms with E-state index >= 15 is 0 Å². The van der Waals surface area contributed by atoms with E-state index < -0.39 is 5.97 Å². The number of aromatic carboxylic acids is 1. The molecule has 1 saturated carbocycles. The second-order valence-corrected chi connectivity index (χ2v) is 6.72. The van der Waals surface area contributed by atoms with Crippen LogP contribution in [0, 0.1) is 0 Å². The molecule has 2 aliphatic rings. The van der Waals surface area contributed by atoms with Gasteiger partial charge in [-0.25, -0.2) is 9.48 Å².